The summed E-state index contributed by atoms with van der Waals surface area (Å²) in [7, 11) is -0.862. The molecule has 1 unspecified atom stereocenters. The molecule has 5 nitrogen and oxygen atoms in total. The van der Waals surface area contributed by atoms with Gasteiger partial charge >= 0.3 is 0 Å². The van der Waals surface area contributed by atoms with Gasteiger partial charge in [-0.25, -0.2) is 8.42 Å². The smallest absolute Gasteiger partial charge is 0.151 e. The molecule has 21 heavy (non-hydrogen) atoms. The maximum Gasteiger partial charge on any atom is 0.151 e. The van der Waals surface area contributed by atoms with E-state index in [2.05, 4.69) is 30.1 Å². The van der Waals surface area contributed by atoms with Gasteiger partial charge in [0.05, 0.1) is 24.6 Å². The topological polar surface area (TPSA) is 62.6 Å². The molecule has 1 atom stereocenters. The standard InChI is InChI=1S/C15H26N2O3S/c1-4-6-16-9-15-12(2)8-14(20-15)10-17(3)13-5-7-21(18,19)11-13/h8,13,16H,4-7,9-11H2,1-3H3. The molecule has 6 heteroatoms. The Kier molecular flexibility index (Phi) is 5.46. The molecule has 0 bridgehead atoms. The van der Waals surface area contributed by atoms with E-state index in [0.29, 0.717) is 12.3 Å². The van der Waals surface area contributed by atoms with Crippen LogP contribution in [-0.4, -0.2) is 44.5 Å². The number of sulfone groups is 1. The first-order valence-corrected chi connectivity index (χ1v) is 9.43. The highest BCUT2D eigenvalue weighted by Gasteiger charge is 2.30. The summed E-state index contributed by atoms with van der Waals surface area (Å²) in [6.07, 6.45) is 1.83. The molecule has 2 rings (SSSR count). The van der Waals surface area contributed by atoms with Crippen LogP contribution in [-0.2, 0) is 22.9 Å². The number of nitrogens with zero attached hydrogens (tertiary/aromatic N) is 1. The first kappa shape index (κ1) is 16.5. The normalized spacial score (nSPS) is 21.2. The summed E-state index contributed by atoms with van der Waals surface area (Å²) in [5.74, 6) is 2.47. The minimum Gasteiger partial charge on any atom is -0.463 e. The van der Waals surface area contributed by atoms with Crippen LogP contribution in [0.2, 0.25) is 0 Å². The summed E-state index contributed by atoms with van der Waals surface area (Å²) in [5, 5.41) is 3.34. The van der Waals surface area contributed by atoms with Gasteiger partial charge in [0.1, 0.15) is 11.5 Å². The van der Waals surface area contributed by atoms with Crippen molar-refractivity contribution in [3.05, 3.63) is 23.2 Å². The lowest BCUT2D eigenvalue weighted by molar-refractivity contribution is 0.231. The number of hydrogen-bond donors (Lipinski definition) is 1. The van der Waals surface area contributed by atoms with E-state index in [1.165, 1.54) is 0 Å². The van der Waals surface area contributed by atoms with E-state index in [9.17, 15) is 8.42 Å². The van der Waals surface area contributed by atoms with Crippen LogP contribution in [0.15, 0.2) is 10.5 Å². The fraction of sp³-hybridized carbons (Fsp3) is 0.733. The molecule has 0 aromatic carbocycles. The van der Waals surface area contributed by atoms with Crippen LogP contribution < -0.4 is 5.32 Å². The first-order valence-electron chi connectivity index (χ1n) is 7.61. The third kappa shape index (κ3) is 4.56. The largest absolute Gasteiger partial charge is 0.463 e. The Hall–Kier alpha value is -0.850. The molecule has 0 amide bonds. The molecule has 1 N–H and O–H groups in total. The van der Waals surface area contributed by atoms with Gasteiger partial charge in [0.2, 0.25) is 0 Å². The van der Waals surface area contributed by atoms with Crippen LogP contribution in [0, 0.1) is 6.92 Å². The van der Waals surface area contributed by atoms with Crippen LogP contribution in [0.25, 0.3) is 0 Å². The molecule has 2 heterocycles. The third-order valence-corrected chi connectivity index (χ3v) is 5.77. The van der Waals surface area contributed by atoms with Gasteiger partial charge in [-0.15, -0.1) is 0 Å². The Labute approximate surface area is 127 Å². The molecule has 1 aromatic rings. The Bertz CT molecular complexity index is 565. The number of nitrogens with one attached hydrogen (secondary N) is 1. The number of hydrogen-bond acceptors (Lipinski definition) is 5. The summed E-state index contributed by atoms with van der Waals surface area (Å²) in [6.45, 7) is 6.58. The second-order valence-electron chi connectivity index (χ2n) is 5.97. The van der Waals surface area contributed by atoms with Crippen LogP contribution in [0.4, 0.5) is 0 Å². The van der Waals surface area contributed by atoms with Crippen LogP contribution >= 0.6 is 0 Å². The van der Waals surface area contributed by atoms with Crippen molar-refractivity contribution in [3.63, 3.8) is 0 Å². The Morgan fingerprint density at radius 2 is 2.24 bits per heavy atom. The average Bonchev–Trinajstić information content (AvgIpc) is 2.93. The molecule has 1 aromatic heterocycles. The van der Waals surface area contributed by atoms with Crippen LogP contribution in [0.1, 0.15) is 36.8 Å². The van der Waals surface area contributed by atoms with Crippen molar-refractivity contribution in [3.8, 4) is 0 Å². The van der Waals surface area contributed by atoms with E-state index >= 15 is 0 Å². The minimum atomic E-state index is -2.83. The molecule has 0 saturated carbocycles. The fourth-order valence-corrected chi connectivity index (χ4v) is 4.53. The summed E-state index contributed by atoms with van der Waals surface area (Å²) < 4.78 is 29.0. The van der Waals surface area contributed by atoms with Gasteiger partial charge in [-0.3, -0.25) is 4.90 Å². The maximum atomic E-state index is 11.5. The molecule has 1 saturated heterocycles. The van der Waals surface area contributed by atoms with E-state index in [4.69, 9.17) is 4.42 Å². The minimum absolute atomic E-state index is 0.113. The Balaban J connectivity index is 1.92. The van der Waals surface area contributed by atoms with Gasteiger partial charge in [-0.1, -0.05) is 6.92 Å². The van der Waals surface area contributed by atoms with Gasteiger partial charge in [0, 0.05) is 6.04 Å². The molecule has 0 radical (unpaired) electrons. The number of rotatable bonds is 7. The van der Waals surface area contributed by atoms with Gasteiger partial charge in [0.15, 0.2) is 9.84 Å². The van der Waals surface area contributed by atoms with Crippen molar-refractivity contribution in [2.75, 3.05) is 25.1 Å². The monoisotopic (exact) mass is 314 g/mol. The first-order chi connectivity index (χ1) is 9.91. The van der Waals surface area contributed by atoms with Crippen LogP contribution in [0.3, 0.4) is 0 Å². The Morgan fingerprint density at radius 1 is 1.48 bits per heavy atom. The van der Waals surface area contributed by atoms with E-state index in [-0.39, 0.29) is 11.8 Å². The summed E-state index contributed by atoms with van der Waals surface area (Å²) in [6, 6.07) is 2.17. The molecule has 1 fully saturated rings. The molecule has 1 aliphatic rings. The zero-order chi connectivity index (χ0) is 15.5. The van der Waals surface area contributed by atoms with E-state index < -0.39 is 9.84 Å². The molecule has 1 aliphatic heterocycles. The highest BCUT2D eigenvalue weighted by atomic mass is 32.2. The average molecular weight is 314 g/mol. The lowest BCUT2D eigenvalue weighted by atomic mass is 10.2. The lowest BCUT2D eigenvalue weighted by Crippen LogP contribution is -2.31. The van der Waals surface area contributed by atoms with Crippen molar-refractivity contribution >= 4 is 9.84 Å². The van der Waals surface area contributed by atoms with Crippen molar-refractivity contribution in [1.82, 2.24) is 10.2 Å². The lowest BCUT2D eigenvalue weighted by Gasteiger charge is -2.21. The molecular weight excluding hydrogens is 288 g/mol. The molecule has 120 valence electrons. The van der Waals surface area contributed by atoms with Gasteiger partial charge < -0.3 is 9.73 Å². The fourth-order valence-electron chi connectivity index (χ4n) is 2.72. The van der Waals surface area contributed by atoms with Crippen molar-refractivity contribution in [1.29, 1.82) is 0 Å². The molecule has 0 spiro atoms. The van der Waals surface area contributed by atoms with Gasteiger partial charge in [0.25, 0.3) is 0 Å². The van der Waals surface area contributed by atoms with E-state index in [1.807, 2.05) is 7.05 Å². The quantitative estimate of drug-likeness (QED) is 0.776. The molecular formula is C15H26N2O3S. The van der Waals surface area contributed by atoms with E-state index in [0.717, 1.165) is 43.0 Å². The van der Waals surface area contributed by atoms with Crippen LogP contribution in [0.5, 0.6) is 0 Å². The van der Waals surface area contributed by atoms with Gasteiger partial charge in [-0.05, 0) is 45.0 Å². The predicted octanol–water partition coefficient (Wildman–Crippen LogP) is 1.71. The Morgan fingerprint density at radius 3 is 2.86 bits per heavy atom. The third-order valence-electron chi connectivity index (χ3n) is 4.02. The van der Waals surface area contributed by atoms with Gasteiger partial charge in [-0.2, -0.15) is 0 Å². The number of aryl methyl sites for hydroxylation is 1. The predicted molar refractivity (Wildman–Crippen MR) is 84.0 cm³/mol. The second-order valence-corrected chi connectivity index (χ2v) is 8.20. The van der Waals surface area contributed by atoms with Crippen molar-refractivity contribution in [2.45, 2.75) is 45.8 Å². The summed E-state index contributed by atoms with van der Waals surface area (Å²) in [4.78, 5) is 2.09. The highest BCUT2D eigenvalue weighted by Crippen LogP contribution is 2.21. The zero-order valence-electron chi connectivity index (χ0n) is 13.2. The molecule has 0 aliphatic carbocycles. The van der Waals surface area contributed by atoms with E-state index in [1.54, 1.807) is 0 Å². The number of furan rings is 1. The maximum absolute atomic E-state index is 11.5. The zero-order valence-corrected chi connectivity index (χ0v) is 14.0. The summed E-state index contributed by atoms with van der Waals surface area (Å²) in [5.41, 5.74) is 1.15. The highest BCUT2D eigenvalue weighted by molar-refractivity contribution is 7.91. The second kappa shape index (κ2) is 6.94. The summed E-state index contributed by atoms with van der Waals surface area (Å²) >= 11 is 0. The van der Waals surface area contributed by atoms with Crippen molar-refractivity contribution < 1.29 is 12.8 Å². The van der Waals surface area contributed by atoms with Crippen molar-refractivity contribution in [2.24, 2.45) is 0 Å². The SMILES string of the molecule is CCCNCc1oc(CN(C)C2CCS(=O)(=O)C2)cc1C.